The first-order chi connectivity index (χ1) is 9.11. The van der Waals surface area contributed by atoms with Crippen molar-refractivity contribution in [3.8, 4) is 0 Å². The fourth-order valence-corrected chi connectivity index (χ4v) is 2.91. The Hall–Kier alpha value is -0.970. The van der Waals surface area contributed by atoms with Gasteiger partial charge in [0.25, 0.3) is 0 Å². The fourth-order valence-electron chi connectivity index (χ4n) is 2.91. The Morgan fingerprint density at radius 3 is 2.74 bits per heavy atom. The third-order valence-corrected chi connectivity index (χ3v) is 4.10. The normalized spacial score (nSPS) is 24.1. The average molecular weight is 262 g/mol. The molecule has 4 nitrogen and oxygen atoms in total. The largest absolute Gasteiger partial charge is 0.312 e. The maximum Gasteiger partial charge on any atom is 0.0503 e. The van der Waals surface area contributed by atoms with E-state index in [-0.39, 0.29) is 0 Å². The Labute approximate surface area is 116 Å². The van der Waals surface area contributed by atoms with Gasteiger partial charge < -0.3 is 15.1 Å². The van der Waals surface area contributed by atoms with Crippen LogP contribution in [-0.2, 0) is 0 Å². The van der Waals surface area contributed by atoms with E-state index in [0.717, 1.165) is 18.8 Å². The van der Waals surface area contributed by atoms with E-state index in [9.17, 15) is 0 Å². The van der Waals surface area contributed by atoms with Gasteiger partial charge in [-0.2, -0.15) is 0 Å². The summed E-state index contributed by atoms with van der Waals surface area (Å²) in [4.78, 5) is 9.35. The molecule has 0 radical (unpaired) electrons. The quantitative estimate of drug-likeness (QED) is 0.889. The van der Waals surface area contributed by atoms with Gasteiger partial charge in [0.1, 0.15) is 0 Å². The molecule has 0 spiro atoms. The van der Waals surface area contributed by atoms with E-state index in [2.05, 4.69) is 46.3 Å². The molecular weight excluding hydrogens is 236 g/mol. The molecule has 106 valence electrons. The van der Waals surface area contributed by atoms with Crippen LogP contribution in [0.5, 0.6) is 0 Å². The van der Waals surface area contributed by atoms with E-state index in [1.165, 1.54) is 18.5 Å². The molecule has 2 heterocycles. The summed E-state index contributed by atoms with van der Waals surface area (Å²) >= 11 is 0. The van der Waals surface area contributed by atoms with Crippen LogP contribution in [0.25, 0.3) is 0 Å². The first-order valence-electron chi connectivity index (χ1n) is 7.10. The Morgan fingerprint density at radius 1 is 1.32 bits per heavy atom. The molecule has 2 rings (SSSR count). The zero-order valence-electron chi connectivity index (χ0n) is 12.6. The van der Waals surface area contributed by atoms with E-state index < -0.39 is 0 Å². The molecule has 0 bridgehead atoms. The van der Waals surface area contributed by atoms with Gasteiger partial charge in [0.15, 0.2) is 0 Å². The number of nitrogens with zero attached hydrogens (tertiary/aromatic N) is 3. The van der Waals surface area contributed by atoms with Gasteiger partial charge in [-0.1, -0.05) is 6.07 Å². The van der Waals surface area contributed by atoms with Crippen LogP contribution in [0.4, 0.5) is 0 Å². The second kappa shape index (κ2) is 6.46. The van der Waals surface area contributed by atoms with Crippen LogP contribution in [0, 0.1) is 6.92 Å². The van der Waals surface area contributed by atoms with E-state index >= 15 is 0 Å². The van der Waals surface area contributed by atoms with Gasteiger partial charge in [-0.25, -0.2) is 0 Å². The first kappa shape index (κ1) is 14.4. The molecule has 1 aromatic rings. The van der Waals surface area contributed by atoms with Crippen LogP contribution in [0.15, 0.2) is 18.3 Å². The summed E-state index contributed by atoms with van der Waals surface area (Å²) in [6, 6.07) is 5.11. The molecule has 19 heavy (non-hydrogen) atoms. The van der Waals surface area contributed by atoms with Crippen molar-refractivity contribution in [3.05, 3.63) is 29.6 Å². The van der Waals surface area contributed by atoms with Gasteiger partial charge >= 0.3 is 0 Å². The van der Waals surface area contributed by atoms with Crippen molar-refractivity contribution in [2.45, 2.75) is 25.4 Å². The maximum atomic E-state index is 4.44. The number of hydrogen-bond donors (Lipinski definition) is 1. The number of rotatable bonds is 3. The minimum absolute atomic E-state index is 0.332. The number of nitrogens with one attached hydrogen (secondary N) is 1. The van der Waals surface area contributed by atoms with Crippen molar-refractivity contribution in [1.29, 1.82) is 0 Å². The summed E-state index contributed by atoms with van der Waals surface area (Å²) < 4.78 is 0. The van der Waals surface area contributed by atoms with Crippen molar-refractivity contribution >= 4 is 0 Å². The predicted molar refractivity (Wildman–Crippen MR) is 79.3 cm³/mol. The van der Waals surface area contributed by atoms with Gasteiger partial charge in [-0.3, -0.25) is 4.98 Å². The number of aromatic nitrogens is 1. The standard InChI is InChI=1S/C15H26N4/c1-12-6-7-13(10-17-12)15(16-2)14-11-18(3)8-5-9-19(14)4/h6-7,10,14-16H,5,8-9,11H2,1-4H3. The summed E-state index contributed by atoms with van der Waals surface area (Å²) in [7, 11) is 6.49. The third kappa shape index (κ3) is 3.53. The Bertz CT molecular complexity index is 390. The molecule has 1 saturated heterocycles. The molecule has 2 unspecified atom stereocenters. The molecule has 1 N–H and O–H groups in total. The topological polar surface area (TPSA) is 31.4 Å². The van der Waals surface area contributed by atoms with Crippen molar-refractivity contribution < 1.29 is 0 Å². The monoisotopic (exact) mass is 262 g/mol. The molecule has 0 amide bonds. The van der Waals surface area contributed by atoms with Crippen molar-refractivity contribution in [3.63, 3.8) is 0 Å². The van der Waals surface area contributed by atoms with Crippen LogP contribution < -0.4 is 5.32 Å². The molecule has 0 saturated carbocycles. The van der Waals surface area contributed by atoms with Crippen LogP contribution >= 0.6 is 0 Å². The Balaban J connectivity index is 2.21. The Morgan fingerprint density at radius 2 is 2.11 bits per heavy atom. The maximum absolute atomic E-state index is 4.44. The van der Waals surface area contributed by atoms with Crippen molar-refractivity contribution in [2.24, 2.45) is 0 Å². The molecule has 2 atom stereocenters. The van der Waals surface area contributed by atoms with Crippen LogP contribution in [0.3, 0.4) is 0 Å². The van der Waals surface area contributed by atoms with Crippen molar-refractivity contribution in [2.75, 3.05) is 40.8 Å². The van der Waals surface area contributed by atoms with Crippen LogP contribution in [-0.4, -0.2) is 61.6 Å². The first-order valence-corrected chi connectivity index (χ1v) is 7.10. The molecular formula is C15H26N4. The number of aryl methyl sites for hydroxylation is 1. The molecule has 1 aliphatic rings. The highest BCUT2D eigenvalue weighted by molar-refractivity contribution is 5.19. The van der Waals surface area contributed by atoms with E-state index in [4.69, 9.17) is 0 Å². The van der Waals surface area contributed by atoms with Crippen molar-refractivity contribution in [1.82, 2.24) is 20.1 Å². The van der Waals surface area contributed by atoms with E-state index in [1.807, 2.05) is 20.2 Å². The predicted octanol–water partition coefficient (Wildman–Crippen LogP) is 1.29. The SMILES string of the molecule is CNC(c1ccc(C)nc1)C1CN(C)CCCN1C. The summed E-state index contributed by atoms with van der Waals surface area (Å²) in [6.07, 6.45) is 3.25. The van der Waals surface area contributed by atoms with Crippen LogP contribution in [0.2, 0.25) is 0 Å². The van der Waals surface area contributed by atoms with Gasteiger partial charge in [0.2, 0.25) is 0 Å². The van der Waals surface area contributed by atoms with E-state index in [1.54, 1.807) is 0 Å². The minimum atomic E-state index is 0.332. The Kier molecular flexibility index (Phi) is 4.91. The molecule has 0 aromatic carbocycles. The number of likely N-dealkylation sites (N-methyl/N-ethyl adjacent to an activating group) is 3. The second-order valence-electron chi connectivity index (χ2n) is 5.66. The van der Waals surface area contributed by atoms with Gasteiger partial charge in [0, 0.05) is 24.5 Å². The summed E-state index contributed by atoms with van der Waals surface area (Å²) in [5.41, 5.74) is 2.35. The van der Waals surface area contributed by atoms with Gasteiger partial charge in [-0.15, -0.1) is 0 Å². The smallest absolute Gasteiger partial charge is 0.0503 e. The number of hydrogen-bond acceptors (Lipinski definition) is 4. The molecule has 0 aliphatic carbocycles. The third-order valence-electron chi connectivity index (χ3n) is 4.10. The zero-order valence-corrected chi connectivity index (χ0v) is 12.6. The highest BCUT2D eigenvalue weighted by Crippen LogP contribution is 2.22. The minimum Gasteiger partial charge on any atom is -0.312 e. The lowest BCUT2D eigenvalue weighted by Gasteiger charge is -2.34. The lowest BCUT2D eigenvalue weighted by atomic mass is 9.99. The highest BCUT2D eigenvalue weighted by Gasteiger charge is 2.28. The summed E-state index contributed by atoms with van der Waals surface area (Å²) in [5.74, 6) is 0. The zero-order chi connectivity index (χ0) is 13.8. The second-order valence-corrected chi connectivity index (χ2v) is 5.66. The van der Waals surface area contributed by atoms with Gasteiger partial charge in [0.05, 0.1) is 6.04 Å². The molecule has 1 aromatic heterocycles. The lowest BCUT2D eigenvalue weighted by Crippen LogP contribution is -2.46. The molecule has 1 fully saturated rings. The van der Waals surface area contributed by atoms with Crippen LogP contribution in [0.1, 0.15) is 23.7 Å². The fraction of sp³-hybridized carbons (Fsp3) is 0.667. The average Bonchev–Trinajstić information content (AvgIpc) is 2.55. The summed E-state index contributed by atoms with van der Waals surface area (Å²) in [6.45, 7) is 5.47. The van der Waals surface area contributed by atoms with Gasteiger partial charge in [-0.05, 0) is 59.2 Å². The lowest BCUT2D eigenvalue weighted by molar-refractivity contribution is 0.182. The summed E-state index contributed by atoms with van der Waals surface area (Å²) in [5, 5.41) is 3.48. The number of pyridine rings is 1. The molecule has 4 heteroatoms. The molecule has 1 aliphatic heterocycles. The highest BCUT2D eigenvalue weighted by atomic mass is 15.2. The van der Waals surface area contributed by atoms with E-state index in [0.29, 0.717) is 12.1 Å².